The van der Waals surface area contributed by atoms with Crippen molar-refractivity contribution in [2.24, 2.45) is 0 Å². The van der Waals surface area contributed by atoms with Gasteiger partial charge in [-0.05, 0) is 54.3 Å². The Bertz CT molecular complexity index is 898. The van der Waals surface area contributed by atoms with E-state index in [1.807, 2.05) is 24.3 Å². The van der Waals surface area contributed by atoms with Gasteiger partial charge >= 0.3 is 5.97 Å². The van der Waals surface area contributed by atoms with Gasteiger partial charge in [0.15, 0.2) is 0 Å². The van der Waals surface area contributed by atoms with E-state index < -0.39 is 5.97 Å². The fourth-order valence-corrected chi connectivity index (χ4v) is 3.22. The highest BCUT2D eigenvalue weighted by atomic mass is 35.5. The minimum Gasteiger partial charge on any atom is -0.478 e. The summed E-state index contributed by atoms with van der Waals surface area (Å²) in [5, 5.41) is 11.0. The van der Waals surface area contributed by atoms with Crippen LogP contribution in [0.2, 0.25) is 5.02 Å². The molecule has 24 heavy (non-hydrogen) atoms. The number of carboxylic acids is 1. The van der Waals surface area contributed by atoms with Crippen LogP contribution < -0.4 is 0 Å². The number of nitrogens with zero attached hydrogens (tertiary/aromatic N) is 1. The average molecular weight is 342 g/mol. The Kier molecular flexibility index (Phi) is 4.63. The van der Waals surface area contributed by atoms with Gasteiger partial charge in [-0.15, -0.1) is 0 Å². The van der Waals surface area contributed by atoms with Crippen LogP contribution in [-0.2, 0) is 6.54 Å². The molecule has 1 atom stereocenters. The third-order valence-electron chi connectivity index (χ3n) is 4.53. The minimum absolute atomic E-state index is 0.317. The number of carboxylic acid groups (broad SMARTS) is 1. The molecule has 1 aromatic heterocycles. The fraction of sp³-hybridized carbons (Fsp3) is 0.250. The van der Waals surface area contributed by atoms with E-state index in [-0.39, 0.29) is 0 Å². The largest absolute Gasteiger partial charge is 0.478 e. The smallest absolute Gasteiger partial charge is 0.335 e. The zero-order valence-corrected chi connectivity index (χ0v) is 14.5. The standard InChI is InChI=1S/C20H20ClNO2/c1-3-13(2)19-11-16-10-17(21)7-8-18(16)22(19)12-14-5-4-6-15(9-14)20(23)24/h4-11,13H,3,12H2,1-2H3,(H,23,24). The first-order valence-corrected chi connectivity index (χ1v) is 8.48. The fourth-order valence-electron chi connectivity index (χ4n) is 3.04. The summed E-state index contributed by atoms with van der Waals surface area (Å²) in [5.41, 5.74) is 3.66. The maximum absolute atomic E-state index is 11.2. The molecule has 3 nitrogen and oxygen atoms in total. The number of carbonyl (C=O) groups is 1. The van der Waals surface area contributed by atoms with Gasteiger partial charge in [0, 0.05) is 28.2 Å². The molecule has 4 heteroatoms. The van der Waals surface area contributed by atoms with E-state index >= 15 is 0 Å². The van der Waals surface area contributed by atoms with E-state index in [1.54, 1.807) is 18.2 Å². The Morgan fingerprint density at radius 2 is 2.00 bits per heavy atom. The van der Waals surface area contributed by atoms with Crippen LogP contribution in [0.4, 0.5) is 0 Å². The molecule has 3 aromatic rings. The maximum Gasteiger partial charge on any atom is 0.335 e. The van der Waals surface area contributed by atoms with Gasteiger partial charge < -0.3 is 9.67 Å². The number of benzene rings is 2. The lowest BCUT2D eigenvalue weighted by molar-refractivity contribution is 0.0696. The van der Waals surface area contributed by atoms with Gasteiger partial charge in [0.2, 0.25) is 0 Å². The molecule has 3 rings (SSSR count). The van der Waals surface area contributed by atoms with Crippen molar-refractivity contribution in [1.82, 2.24) is 4.57 Å². The molecular weight excluding hydrogens is 322 g/mol. The van der Waals surface area contributed by atoms with E-state index in [0.29, 0.717) is 18.0 Å². The van der Waals surface area contributed by atoms with E-state index in [0.717, 1.165) is 27.9 Å². The van der Waals surface area contributed by atoms with Crippen molar-refractivity contribution in [2.75, 3.05) is 0 Å². The zero-order valence-electron chi connectivity index (χ0n) is 13.8. The highest BCUT2D eigenvalue weighted by molar-refractivity contribution is 6.31. The Labute approximate surface area is 146 Å². The van der Waals surface area contributed by atoms with Crippen LogP contribution >= 0.6 is 11.6 Å². The van der Waals surface area contributed by atoms with Crippen LogP contribution in [0.15, 0.2) is 48.5 Å². The summed E-state index contributed by atoms with van der Waals surface area (Å²) in [6.07, 6.45) is 1.04. The summed E-state index contributed by atoms with van der Waals surface area (Å²) in [5.74, 6) is -0.484. The molecule has 0 saturated heterocycles. The molecule has 0 aliphatic heterocycles. The van der Waals surface area contributed by atoms with Crippen LogP contribution in [0.5, 0.6) is 0 Å². The van der Waals surface area contributed by atoms with Crippen LogP contribution in [0.3, 0.4) is 0 Å². The van der Waals surface area contributed by atoms with Gasteiger partial charge in [-0.1, -0.05) is 37.6 Å². The van der Waals surface area contributed by atoms with E-state index in [9.17, 15) is 9.90 Å². The summed E-state index contributed by atoms with van der Waals surface area (Å²) in [6.45, 7) is 5.02. The Morgan fingerprint density at radius 3 is 2.71 bits per heavy atom. The number of aromatic nitrogens is 1. The van der Waals surface area contributed by atoms with Gasteiger partial charge in [0.1, 0.15) is 0 Å². The summed E-state index contributed by atoms with van der Waals surface area (Å²) in [7, 11) is 0. The number of fused-ring (bicyclic) bond motifs is 1. The van der Waals surface area contributed by atoms with Gasteiger partial charge in [0.05, 0.1) is 5.56 Å². The number of aromatic carboxylic acids is 1. The molecule has 0 aliphatic rings. The average Bonchev–Trinajstić information content (AvgIpc) is 2.92. The third-order valence-corrected chi connectivity index (χ3v) is 4.76. The van der Waals surface area contributed by atoms with Crippen LogP contribution in [0.25, 0.3) is 10.9 Å². The highest BCUT2D eigenvalue weighted by Gasteiger charge is 2.15. The first-order chi connectivity index (χ1) is 11.5. The number of hydrogen-bond acceptors (Lipinski definition) is 1. The maximum atomic E-state index is 11.2. The Balaban J connectivity index is 2.10. The molecule has 124 valence electrons. The molecule has 1 N–H and O–H groups in total. The molecule has 0 fully saturated rings. The lowest BCUT2D eigenvalue weighted by Gasteiger charge is -2.15. The molecule has 2 aromatic carbocycles. The first kappa shape index (κ1) is 16.6. The van der Waals surface area contributed by atoms with Crippen molar-refractivity contribution in [3.8, 4) is 0 Å². The minimum atomic E-state index is -0.900. The number of rotatable bonds is 5. The Morgan fingerprint density at radius 1 is 1.21 bits per heavy atom. The van der Waals surface area contributed by atoms with Crippen molar-refractivity contribution >= 4 is 28.5 Å². The van der Waals surface area contributed by atoms with Crippen LogP contribution in [0, 0.1) is 0 Å². The topological polar surface area (TPSA) is 42.2 Å². The van der Waals surface area contributed by atoms with E-state index in [2.05, 4.69) is 24.5 Å². The molecular formula is C20H20ClNO2. The summed E-state index contributed by atoms with van der Waals surface area (Å²) in [6, 6.07) is 15.2. The monoisotopic (exact) mass is 341 g/mol. The van der Waals surface area contributed by atoms with Gasteiger partial charge in [-0.25, -0.2) is 4.79 Å². The molecule has 0 aliphatic carbocycles. The summed E-state index contributed by atoms with van der Waals surface area (Å²) >= 11 is 6.14. The lowest BCUT2D eigenvalue weighted by atomic mass is 10.0. The van der Waals surface area contributed by atoms with E-state index in [1.165, 1.54) is 5.69 Å². The highest BCUT2D eigenvalue weighted by Crippen LogP contribution is 2.30. The first-order valence-electron chi connectivity index (χ1n) is 8.10. The van der Waals surface area contributed by atoms with Crippen molar-refractivity contribution in [1.29, 1.82) is 0 Å². The summed E-state index contributed by atoms with van der Waals surface area (Å²) in [4.78, 5) is 11.2. The van der Waals surface area contributed by atoms with Crippen LogP contribution in [0.1, 0.15) is 47.8 Å². The SMILES string of the molecule is CCC(C)c1cc2cc(Cl)ccc2n1Cc1cccc(C(=O)O)c1. The molecule has 0 spiro atoms. The predicted octanol–water partition coefficient (Wildman–Crippen LogP) is 5.55. The van der Waals surface area contributed by atoms with Gasteiger partial charge in [0.25, 0.3) is 0 Å². The second kappa shape index (κ2) is 6.70. The zero-order chi connectivity index (χ0) is 17.3. The van der Waals surface area contributed by atoms with Gasteiger partial charge in [-0.3, -0.25) is 0 Å². The molecule has 0 bridgehead atoms. The van der Waals surface area contributed by atoms with Crippen molar-refractivity contribution in [3.63, 3.8) is 0 Å². The molecule has 1 unspecified atom stereocenters. The normalized spacial score (nSPS) is 12.5. The molecule has 0 radical (unpaired) electrons. The quantitative estimate of drug-likeness (QED) is 0.660. The Hall–Kier alpha value is -2.26. The third kappa shape index (κ3) is 3.17. The van der Waals surface area contributed by atoms with Crippen molar-refractivity contribution in [3.05, 3.63) is 70.4 Å². The predicted molar refractivity (Wildman–Crippen MR) is 98.2 cm³/mol. The lowest BCUT2D eigenvalue weighted by Crippen LogP contribution is -2.07. The van der Waals surface area contributed by atoms with Crippen molar-refractivity contribution in [2.45, 2.75) is 32.7 Å². The molecule has 0 saturated carbocycles. The second-order valence-electron chi connectivity index (χ2n) is 6.17. The molecule has 1 heterocycles. The second-order valence-corrected chi connectivity index (χ2v) is 6.61. The van der Waals surface area contributed by atoms with Gasteiger partial charge in [-0.2, -0.15) is 0 Å². The van der Waals surface area contributed by atoms with Crippen molar-refractivity contribution < 1.29 is 9.90 Å². The number of hydrogen-bond donors (Lipinski definition) is 1. The van der Waals surface area contributed by atoms with Crippen LogP contribution in [-0.4, -0.2) is 15.6 Å². The molecule has 0 amide bonds. The number of halogens is 1. The van der Waals surface area contributed by atoms with E-state index in [4.69, 9.17) is 11.6 Å². The summed E-state index contributed by atoms with van der Waals surface area (Å²) < 4.78 is 2.26.